The predicted molar refractivity (Wildman–Crippen MR) is 166 cm³/mol. The van der Waals surface area contributed by atoms with E-state index in [1.54, 1.807) is 60.8 Å². The maximum absolute atomic E-state index is 8.72. The molecule has 0 spiro atoms. The second-order valence-electron chi connectivity index (χ2n) is 9.75. The molecule has 5 aromatic rings. The van der Waals surface area contributed by atoms with Crippen molar-refractivity contribution in [2.45, 2.75) is 58.6 Å². The Kier molecular flexibility index (Phi) is 7.47. The van der Waals surface area contributed by atoms with Crippen LogP contribution in [0, 0.1) is 31.8 Å². The largest absolute Gasteiger partial charge is 0.305 e. The number of aryl methyl sites for hydroxylation is 2. The molecule has 0 N–H and O–H groups in total. The topological polar surface area (TPSA) is 25.8 Å². The Morgan fingerprint density at radius 2 is 1.59 bits per heavy atom. The molecular weight excluding hydrogens is 677 g/mol. The molecule has 6 rings (SSSR count). The van der Waals surface area contributed by atoms with Crippen LogP contribution < -0.4 is 0 Å². The maximum atomic E-state index is 8.72. The molecule has 41 heavy (non-hydrogen) atoms. The average Bonchev–Trinajstić information content (AvgIpc) is 3.12. The molecule has 1 saturated carbocycles. The summed E-state index contributed by atoms with van der Waals surface area (Å²) in [5.74, 6) is -0.155. The van der Waals surface area contributed by atoms with Crippen LogP contribution in [0.25, 0.3) is 22.5 Å². The van der Waals surface area contributed by atoms with Crippen LogP contribution in [0.4, 0.5) is 0 Å². The fourth-order valence-corrected chi connectivity index (χ4v) is 4.68. The number of pyridine rings is 2. The Hall–Kier alpha value is -3.39. The molecule has 0 atom stereocenters. The Labute approximate surface area is 273 Å². The summed E-state index contributed by atoms with van der Waals surface area (Å²) in [5, 5.41) is 0. The molecular formula is C38H38IrN2-2. The summed E-state index contributed by atoms with van der Waals surface area (Å²) in [6.07, 6.45) is 4.02. The Morgan fingerprint density at radius 3 is 2.32 bits per heavy atom. The first-order valence-corrected chi connectivity index (χ1v) is 13.6. The van der Waals surface area contributed by atoms with E-state index in [1.165, 1.54) is 18.3 Å². The van der Waals surface area contributed by atoms with Gasteiger partial charge in [-0.3, -0.25) is 0 Å². The Morgan fingerprint density at radius 1 is 0.780 bits per heavy atom. The van der Waals surface area contributed by atoms with E-state index in [1.807, 2.05) is 24.3 Å². The number of rotatable bonds is 6. The number of aromatic nitrogens is 2. The van der Waals surface area contributed by atoms with Crippen molar-refractivity contribution < 1.29 is 33.8 Å². The molecule has 0 saturated heterocycles. The van der Waals surface area contributed by atoms with Crippen molar-refractivity contribution in [2.24, 2.45) is 5.92 Å². The molecule has 0 amide bonds. The first-order valence-electron chi connectivity index (χ1n) is 18.6. The van der Waals surface area contributed by atoms with Gasteiger partial charge in [0.05, 0.1) is 0 Å². The molecule has 1 radical (unpaired) electrons. The third kappa shape index (κ3) is 8.80. The van der Waals surface area contributed by atoms with Crippen molar-refractivity contribution in [3.05, 3.63) is 143 Å². The molecule has 1 aliphatic carbocycles. The Bertz CT molecular complexity index is 1860. The number of nitrogens with zero attached hydrogens (tertiary/aromatic N) is 2. The van der Waals surface area contributed by atoms with E-state index in [9.17, 15) is 0 Å². The maximum Gasteiger partial charge on any atom is 0.0319 e. The van der Waals surface area contributed by atoms with Gasteiger partial charge in [0.2, 0.25) is 0 Å². The molecule has 2 aromatic heterocycles. The van der Waals surface area contributed by atoms with Crippen molar-refractivity contribution in [3.63, 3.8) is 0 Å². The quantitative estimate of drug-likeness (QED) is 0.163. The van der Waals surface area contributed by atoms with E-state index in [4.69, 9.17) is 13.7 Å². The second-order valence-corrected chi connectivity index (χ2v) is 9.75. The standard InChI is InChI=1S/C19H22N.C19H16N.Ir/c1-15-14-20-19(17-10-6-3-7-11-17)13-18(15)12-16-8-4-2-5-9-16;1-15-13-18(19-9-5-6-12-20-19)11-10-17(15)14-16-7-3-2-4-8-16;/h3,6-7,10,13-14,16H,2,4-5,8-9,12H2,1H3;2-10,12-13H,14H2,1H3;/q2*-1;/i1D3,12D2;1D3,14D2;. The van der Waals surface area contributed by atoms with E-state index in [0.29, 0.717) is 22.5 Å². The van der Waals surface area contributed by atoms with Gasteiger partial charge in [-0.05, 0) is 48.5 Å². The van der Waals surface area contributed by atoms with Gasteiger partial charge in [-0.15, -0.1) is 70.8 Å². The third-order valence-electron chi connectivity index (χ3n) is 6.80. The van der Waals surface area contributed by atoms with E-state index >= 15 is 0 Å². The van der Waals surface area contributed by atoms with Crippen molar-refractivity contribution in [2.75, 3.05) is 0 Å². The monoisotopic (exact) mass is 725 g/mol. The first-order chi connectivity index (χ1) is 23.6. The molecule has 0 bridgehead atoms. The minimum Gasteiger partial charge on any atom is -0.305 e. The fourth-order valence-electron chi connectivity index (χ4n) is 4.68. The summed E-state index contributed by atoms with van der Waals surface area (Å²) < 4.78 is 81.4. The van der Waals surface area contributed by atoms with Crippen LogP contribution in [0.2, 0.25) is 0 Å². The number of hydrogen-bond donors (Lipinski definition) is 0. The van der Waals surface area contributed by atoms with Crippen LogP contribution in [0.3, 0.4) is 0 Å². The summed E-state index contributed by atoms with van der Waals surface area (Å²) >= 11 is 0. The number of hydrogen-bond acceptors (Lipinski definition) is 2. The van der Waals surface area contributed by atoms with Gasteiger partial charge in [0.15, 0.2) is 0 Å². The van der Waals surface area contributed by atoms with Gasteiger partial charge >= 0.3 is 0 Å². The smallest absolute Gasteiger partial charge is 0.0319 e. The zero-order valence-electron chi connectivity index (χ0n) is 32.7. The van der Waals surface area contributed by atoms with Gasteiger partial charge < -0.3 is 9.97 Å². The van der Waals surface area contributed by atoms with E-state index in [0.717, 1.165) is 37.7 Å². The van der Waals surface area contributed by atoms with E-state index < -0.39 is 26.4 Å². The number of benzene rings is 3. The fraction of sp³-hybridized carbons (Fsp3) is 0.263. The first kappa shape index (κ1) is 19.7. The molecule has 1 aliphatic rings. The van der Waals surface area contributed by atoms with Crippen LogP contribution in [0.15, 0.2) is 103 Å². The van der Waals surface area contributed by atoms with Gasteiger partial charge in [0.25, 0.3) is 0 Å². The summed E-state index contributed by atoms with van der Waals surface area (Å²) in [7, 11) is 0. The van der Waals surface area contributed by atoms with Gasteiger partial charge in [0, 0.05) is 46.2 Å². The second kappa shape index (κ2) is 15.6. The summed E-state index contributed by atoms with van der Waals surface area (Å²) in [6, 6.07) is 31.8. The molecule has 0 aliphatic heterocycles. The molecule has 3 aromatic carbocycles. The molecule has 2 heterocycles. The molecule has 1 fully saturated rings. The Balaban J connectivity index is 0.000000224. The van der Waals surface area contributed by atoms with Crippen LogP contribution in [0.1, 0.15) is 73.6 Å². The van der Waals surface area contributed by atoms with Crippen LogP contribution >= 0.6 is 0 Å². The zero-order valence-corrected chi connectivity index (χ0v) is 25.1. The molecule has 211 valence electrons. The van der Waals surface area contributed by atoms with Crippen molar-refractivity contribution >= 4 is 0 Å². The molecule has 0 unspecified atom stereocenters. The van der Waals surface area contributed by atoms with Gasteiger partial charge in [0.1, 0.15) is 0 Å². The van der Waals surface area contributed by atoms with Crippen molar-refractivity contribution in [1.82, 2.24) is 9.97 Å². The molecule has 3 heteroatoms. The SMILES string of the molecule is [2H]C([2H])([2H])c1cc(-c2ccccn2)[c-]cc1C([2H])([2H])c1ccccc1.[2H]C([2H])([2H])c1cnc(-c2[c-]cccc2)cc1C([2H])([2H])C1CCCCC1.[Ir]. The van der Waals surface area contributed by atoms with Crippen molar-refractivity contribution in [1.29, 1.82) is 0 Å². The van der Waals surface area contributed by atoms with Crippen molar-refractivity contribution in [3.8, 4) is 22.5 Å². The van der Waals surface area contributed by atoms with E-state index in [2.05, 4.69) is 22.1 Å². The van der Waals surface area contributed by atoms with Crippen LogP contribution in [-0.4, -0.2) is 9.97 Å². The van der Waals surface area contributed by atoms with Gasteiger partial charge in [-0.1, -0.05) is 98.6 Å². The zero-order chi connectivity index (χ0) is 36.2. The van der Waals surface area contributed by atoms with Crippen LogP contribution in [0.5, 0.6) is 0 Å². The van der Waals surface area contributed by atoms with Crippen LogP contribution in [-0.2, 0) is 32.9 Å². The molecule has 2 nitrogen and oxygen atoms in total. The minimum absolute atomic E-state index is 0. The van der Waals surface area contributed by atoms with Gasteiger partial charge in [-0.2, -0.15) is 0 Å². The summed E-state index contributed by atoms with van der Waals surface area (Å²) in [6.45, 7) is -4.83. The summed E-state index contributed by atoms with van der Waals surface area (Å²) in [4.78, 5) is 8.49. The normalized spacial score (nSPS) is 18.0. The third-order valence-corrected chi connectivity index (χ3v) is 6.80. The minimum atomic E-state index is -2.45. The predicted octanol–water partition coefficient (Wildman–Crippen LogP) is 9.43. The van der Waals surface area contributed by atoms with E-state index in [-0.39, 0.29) is 48.3 Å². The average molecular weight is 725 g/mol. The van der Waals surface area contributed by atoms with Gasteiger partial charge in [-0.25, -0.2) is 0 Å². The summed E-state index contributed by atoms with van der Waals surface area (Å²) in [5.41, 5.74) is 3.16.